The SMILES string of the molecule is CCNC(=O)[C@H](C)N(Cc1ccc(OC)cc1)C(=O)CN(c1ccc(C)cc1C)S(C)(=O)=O. The Labute approximate surface area is 196 Å². The van der Waals surface area contributed by atoms with Crippen LogP contribution in [0.3, 0.4) is 0 Å². The lowest BCUT2D eigenvalue weighted by Gasteiger charge is -2.32. The average Bonchev–Trinajstić information content (AvgIpc) is 2.75. The summed E-state index contributed by atoms with van der Waals surface area (Å²) in [5.41, 5.74) is 2.96. The number of carbonyl (C=O) groups excluding carboxylic acids is 2. The number of likely N-dealkylation sites (N-methyl/N-ethyl adjacent to an activating group) is 1. The molecule has 1 atom stereocenters. The van der Waals surface area contributed by atoms with Crippen LogP contribution in [0, 0.1) is 13.8 Å². The third-order valence-electron chi connectivity index (χ3n) is 5.33. The number of ether oxygens (including phenoxy) is 1. The summed E-state index contributed by atoms with van der Waals surface area (Å²) < 4.78 is 31.5. The molecule has 9 heteroatoms. The van der Waals surface area contributed by atoms with Crippen LogP contribution in [0.25, 0.3) is 0 Å². The highest BCUT2D eigenvalue weighted by atomic mass is 32.2. The van der Waals surface area contributed by atoms with Crippen molar-refractivity contribution >= 4 is 27.5 Å². The normalized spacial score (nSPS) is 12.1. The number of methoxy groups -OCH3 is 1. The Morgan fingerprint density at radius 3 is 2.24 bits per heavy atom. The molecule has 0 bridgehead atoms. The first-order valence-corrected chi connectivity index (χ1v) is 12.6. The van der Waals surface area contributed by atoms with Gasteiger partial charge in [-0.3, -0.25) is 13.9 Å². The van der Waals surface area contributed by atoms with Gasteiger partial charge in [-0.1, -0.05) is 29.8 Å². The smallest absolute Gasteiger partial charge is 0.244 e. The number of hydrogen-bond donors (Lipinski definition) is 1. The van der Waals surface area contributed by atoms with Crippen LogP contribution in [-0.4, -0.2) is 57.6 Å². The van der Waals surface area contributed by atoms with Crippen molar-refractivity contribution in [1.29, 1.82) is 0 Å². The molecule has 0 aliphatic carbocycles. The molecule has 180 valence electrons. The second kappa shape index (κ2) is 11.2. The van der Waals surface area contributed by atoms with Gasteiger partial charge < -0.3 is 15.0 Å². The second-order valence-corrected chi connectivity index (χ2v) is 9.91. The van der Waals surface area contributed by atoms with Gasteiger partial charge in [0.25, 0.3) is 0 Å². The minimum absolute atomic E-state index is 0.144. The van der Waals surface area contributed by atoms with Crippen LogP contribution in [0.2, 0.25) is 0 Å². The first-order valence-electron chi connectivity index (χ1n) is 10.7. The zero-order valence-electron chi connectivity index (χ0n) is 20.1. The lowest BCUT2D eigenvalue weighted by molar-refractivity contribution is -0.139. The summed E-state index contributed by atoms with van der Waals surface area (Å²) in [6.07, 6.45) is 1.07. The van der Waals surface area contributed by atoms with Crippen LogP contribution < -0.4 is 14.4 Å². The minimum Gasteiger partial charge on any atom is -0.497 e. The Kier molecular flexibility index (Phi) is 8.87. The molecule has 1 N–H and O–H groups in total. The number of amides is 2. The topological polar surface area (TPSA) is 96.0 Å². The molecule has 0 unspecified atom stereocenters. The quantitative estimate of drug-likeness (QED) is 0.570. The summed E-state index contributed by atoms with van der Waals surface area (Å²) in [6, 6.07) is 11.7. The van der Waals surface area contributed by atoms with E-state index in [0.29, 0.717) is 18.0 Å². The summed E-state index contributed by atoms with van der Waals surface area (Å²) in [5.74, 6) is -0.113. The highest BCUT2D eigenvalue weighted by Gasteiger charge is 2.30. The van der Waals surface area contributed by atoms with E-state index in [1.54, 1.807) is 52.1 Å². The average molecular weight is 476 g/mol. The number of nitrogens with one attached hydrogen (secondary N) is 1. The molecule has 0 aliphatic rings. The number of benzene rings is 2. The fourth-order valence-corrected chi connectivity index (χ4v) is 4.42. The largest absolute Gasteiger partial charge is 0.497 e. The molecule has 2 aromatic carbocycles. The van der Waals surface area contributed by atoms with Crippen molar-refractivity contribution in [2.45, 2.75) is 40.3 Å². The van der Waals surface area contributed by atoms with E-state index >= 15 is 0 Å². The van der Waals surface area contributed by atoms with Gasteiger partial charge in [-0.2, -0.15) is 0 Å². The molecule has 33 heavy (non-hydrogen) atoms. The van der Waals surface area contributed by atoms with Crippen molar-refractivity contribution in [1.82, 2.24) is 10.2 Å². The van der Waals surface area contributed by atoms with Crippen molar-refractivity contribution < 1.29 is 22.7 Å². The molecule has 2 aromatic rings. The number of carbonyl (C=O) groups is 2. The summed E-state index contributed by atoms with van der Waals surface area (Å²) >= 11 is 0. The van der Waals surface area contributed by atoms with E-state index in [1.165, 1.54) is 4.90 Å². The number of nitrogens with zero attached hydrogens (tertiary/aromatic N) is 2. The first-order chi connectivity index (χ1) is 15.5. The van der Waals surface area contributed by atoms with E-state index < -0.39 is 28.5 Å². The summed E-state index contributed by atoms with van der Waals surface area (Å²) in [6.45, 7) is 7.30. The Morgan fingerprint density at radius 1 is 1.09 bits per heavy atom. The number of aryl methyl sites for hydroxylation is 2. The first kappa shape index (κ1) is 26.2. The molecule has 2 amide bonds. The van der Waals surface area contributed by atoms with E-state index in [-0.39, 0.29) is 12.5 Å². The molecule has 0 aromatic heterocycles. The van der Waals surface area contributed by atoms with Crippen LogP contribution in [0.5, 0.6) is 5.75 Å². The maximum absolute atomic E-state index is 13.4. The van der Waals surface area contributed by atoms with Crippen LogP contribution in [0.15, 0.2) is 42.5 Å². The highest BCUT2D eigenvalue weighted by Crippen LogP contribution is 2.24. The van der Waals surface area contributed by atoms with Crippen molar-refractivity contribution in [3.63, 3.8) is 0 Å². The Hall–Kier alpha value is -3.07. The Balaban J connectivity index is 2.40. The van der Waals surface area contributed by atoms with Crippen molar-refractivity contribution in [2.75, 3.05) is 30.8 Å². The van der Waals surface area contributed by atoms with E-state index in [4.69, 9.17) is 4.74 Å². The summed E-state index contributed by atoms with van der Waals surface area (Å²) in [5, 5.41) is 2.73. The molecule has 0 fully saturated rings. The zero-order chi connectivity index (χ0) is 24.8. The fourth-order valence-electron chi connectivity index (χ4n) is 3.51. The van der Waals surface area contributed by atoms with E-state index in [9.17, 15) is 18.0 Å². The number of rotatable bonds is 10. The molecular formula is C24H33N3O5S. The van der Waals surface area contributed by atoms with Gasteiger partial charge in [0.05, 0.1) is 19.1 Å². The summed E-state index contributed by atoms with van der Waals surface area (Å²) in [4.78, 5) is 27.4. The lowest BCUT2D eigenvalue weighted by atomic mass is 10.1. The number of anilines is 1. The van der Waals surface area contributed by atoms with Gasteiger partial charge >= 0.3 is 0 Å². The van der Waals surface area contributed by atoms with Gasteiger partial charge in [-0.05, 0) is 57.0 Å². The molecular weight excluding hydrogens is 442 g/mol. The molecule has 0 radical (unpaired) electrons. The van der Waals surface area contributed by atoms with Crippen molar-refractivity contribution in [3.05, 3.63) is 59.2 Å². The third-order valence-corrected chi connectivity index (χ3v) is 6.46. The summed E-state index contributed by atoms with van der Waals surface area (Å²) in [7, 11) is -2.19. The fraction of sp³-hybridized carbons (Fsp3) is 0.417. The van der Waals surface area contributed by atoms with Gasteiger partial charge in [0.1, 0.15) is 18.3 Å². The third kappa shape index (κ3) is 6.95. The molecule has 2 rings (SSSR count). The zero-order valence-corrected chi connectivity index (χ0v) is 20.9. The molecule has 0 saturated carbocycles. The van der Waals surface area contributed by atoms with Gasteiger partial charge in [0.2, 0.25) is 21.8 Å². The molecule has 0 heterocycles. The van der Waals surface area contributed by atoms with Crippen LogP contribution >= 0.6 is 0 Å². The van der Waals surface area contributed by atoms with Gasteiger partial charge in [-0.15, -0.1) is 0 Å². The van der Waals surface area contributed by atoms with Crippen LogP contribution in [-0.2, 0) is 26.2 Å². The number of hydrogen-bond acceptors (Lipinski definition) is 5. The van der Waals surface area contributed by atoms with Crippen LogP contribution in [0.1, 0.15) is 30.5 Å². The lowest BCUT2D eigenvalue weighted by Crippen LogP contribution is -2.51. The predicted octanol–water partition coefficient (Wildman–Crippen LogP) is 2.63. The maximum Gasteiger partial charge on any atom is 0.244 e. The van der Waals surface area contributed by atoms with Gasteiger partial charge in [0, 0.05) is 13.1 Å². The van der Waals surface area contributed by atoms with E-state index in [2.05, 4.69) is 5.32 Å². The van der Waals surface area contributed by atoms with E-state index in [1.807, 2.05) is 25.1 Å². The Bertz CT molecular complexity index is 1080. The Morgan fingerprint density at radius 2 is 1.73 bits per heavy atom. The van der Waals surface area contributed by atoms with Gasteiger partial charge in [-0.25, -0.2) is 8.42 Å². The molecule has 0 aliphatic heterocycles. The maximum atomic E-state index is 13.4. The van der Waals surface area contributed by atoms with Crippen LogP contribution in [0.4, 0.5) is 5.69 Å². The van der Waals surface area contributed by atoms with Crippen molar-refractivity contribution in [3.8, 4) is 5.75 Å². The monoisotopic (exact) mass is 475 g/mol. The van der Waals surface area contributed by atoms with Crippen molar-refractivity contribution in [2.24, 2.45) is 0 Å². The molecule has 0 saturated heterocycles. The second-order valence-electron chi connectivity index (χ2n) is 8.00. The van der Waals surface area contributed by atoms with E-state index in [0.717, 1.165) is 27.3 Å². The minimum atomic E-state index is -3.75. The highest BCUT2D eigenvalue weighted by molar-refractivity contribution is 7.92. The van der Waals surface area contributed by atoms with Gasteiger partial charge in [0.15, 0.2) is 0 Å². The molecule has 0 spiro atoms. The predicted molar refractivity (Wildman–Crippen MR) is 130 cm³/mol. The molecule has 8 nitrogen and oxygen atoms in total. The number of sulfonamides is 1. The standard InChI is InChI=1S/C24H33N3O5S/c1-7-25-24(29)19(4)26(15-20-9-11-21(32-5)12-10-20)23(28)16-27(33(6,30)31)22-13-8-17(2)14-18(22)3/h8-14,19H,7,15-16H2,1-6H3,(H,25,29)/t19-/m0/s1.